The van der Waals surface area contributed by atoms with Gasteiger partial charge in [0.1, 0.15) is 23.2 Å². The van der Waals surface area contributed by atoms with E-state index in [0.717, 1.165) is 15.9 Å². The molecule has 0 amide bonds. The predicted molar refractivity (Wildman–Crippen MR) is 104 cm³/mol. The van der Waals surface area contributed by atoms with Gasteiger partial charge in [-0.15, -0.1) is 0 Å². The number of halogens is 2. The molecule has 5 heteroatoms. The van der Waals surface area contributed by atoms with E-state index in [9.17, 15) is 18.4 Å². The van der Waals surface area contributed by atoms with E-state index in [-0.39, 0.29) is 0 Å². The molecule has 134 valence electrons. The van der Waals surface area contributed by atoms with Crippen LogP contribution in [-0.2, 0) is 9.59 Å². The lowest BCUT2D eigenvalue weighted by atomic mass is 9.90. The van der Waals surface area contributed by atoms with E-state index in [4.69, 9.17) is 0 Å². The van der Waals surface area contributed by atoms with Crippen molar-refractivity contribution in [3.63, 3.8) is 0 Å². The summed E-state index contributed by atoms with van der Waals surface area (Å²) in [6, 6.07) is 27.3. The summed E-state index contributed by atoms with van der Waals surface area (Å²) in [5.41, 5.74) is -1.36. The van der Waals surface area contributed by atoms with Crippen LogP contribution in [0.4, 0.5) is 8.78 Å². The fourth-order valence-electron chi connectivity index (χ4n) is 3.74. The SMILES string of the molecule is O=C1C([P+](c2ccccc2)(c2ccccc2)c2ccccc2)C(=O)C1(F)F. The molecule has 0 saturated heterocycles. The predicted octanol–water partition coefficient (Wildman–Crippen LogP) is 3.14. The molecule has 3 aromatic carbocycles. The van der Waals surface area contributed by atoms with Crippen LogP contribution < -0.4 is 15.9 Å². The van der Waals surface area contributed by atoms with Gasteiger partial charge in [-0.1, -0.05) is 54.6 Å². The van der Waals surface area contributed by atoms with Gasteiger partial charge >= 0.3 is 5.92 Å². The largest absolute Gasteiger partial charge is 0.371 e. The quantitative estimate of drug-likeness (QED) is 0.514. The van der Waals surface area contributed by atoms with Gasteiger partial charge in [-0.05, 0) is 36.4 Å². The number of hydrogen-bond donors (Lipinski definition) is 0. The summed E-state index contributed by atoms with van der Waals surface area (Å²) < 4.78 is 27.9. The Morgan fingerprint density at radius 3 is 1.19 bits per heavy atom. The van der Waals surface area contributed by atoms with E-state index in [0.29, 0.717) is 0 Å². The van der Waals surface area contributed by atoms with Gasteiger partial charge in [0.2, 0.25) is 5.66 Å². The van der Waals surface area contributed by atoms with Crippen LogP contribution in [0.2, 0.25) is 0 Å². The molecule has 1 fully saturated rings. The Balaban J connectivity index is 2.08. The highest BCUT2D eigenvalue weighted by Gasteiger charge is 2.77. The molecule has 1 aliphatic rings. The Labute approximate surface area is 156 Å². The monoisotopic (exact) mass is 381 g/mol. The molecule has 0 spiro atoms. The number of benzene rings is 3. The zero-order chi connectivity index (χ0) is 19.1. The third-order valence-corrected chi connectivity index (χ3v) is 9.57. The first-order chi connectivity index (χ1) is 13.0. The van der Waals surface area contributed by atoms with Crippen molar-refractivity contribution in [2.24, 2.45) is 0 Å². The lowest BCUT2D eigenvalue weighted by Gasteiger charge is -2.39. The molecular formula is C22H16F2O2P+. The summed E-state index contributed by atoms with van der Waals surface area (Å²) in [6.07, 6.45) is 0. The van der Waals surface area contributed by atoms with Gasteiger partial charge in [-0.25, -0.2) is 0 Å². The van der Waals surface area contributed by atoms with E-state index in [1.165, 1.54) is 0 Å². The third-order valence-electron chi connectivity index (χ3n) is 4.99. The molecule has 0 N–H and O–H groups in total. The maximum atomic E-state index is 14.0. The maximum Gasteiger partial charge on any atom is 0.371 e. The van der Waals surface area contributed by atoms with Gasteiger partial charge in [-0.3, -0.25) is 9.59 Å². The summed E-state index contributed by atoms with van der Waals surface area (Å²) in [5, 5.41) is 2.22. The summed E-state index contributed by atoms with van der Waals surface area (Å²) in [6.45, 7) is 0. The van der Waals surface area contributed by atoms with Crippen LogP contribution >= 0.6 is 7.26 Å². The van der Waals surface area contributed by atoms with Crippen molar-refractivity contribution in [1.82, 2.24) is 0 Å². The normalized spacial score (nSPS) is 16.8. The molecule has 1 aliphatic carbocycles. The van der Waals surface area contributed by atoms with E-state index >= 15 is 0 Å². The van der Waals surface area contributed by atoms with Crippen LogP contribution in [-0.4, -0.2) is 23.1 Å². The minimum absolute atomic E-state index is 0.740. The smallest absolute Gasteiger partial charge is 0.287 e. The molecule has 27 heavy (non-hydrogen) atoms. The van der Waals surface area contributed by atoms with E-state index in [1.807, 2.05) is 91.0 Å². The first-order valence-corrected chi connectivity index (χ1v) is 10.4. The van der Waals surface area contributed by atoms with Crippen LogP contribution in [0, 0.1) is 0 Å². The van der Waals surface area contributed by atoms with Crippen molar-refractivity contribution in [3.05, 3.63) is 91.0 Å². The molecule has 0 unspecified atom stereocenters. The van der Waals surface area contributed by atoms with Crippen molar-refractivity contribution in [1.29, 1.82) is 0 Å². The van der Waals surface area contributed by atoms with Gasteiger partial charge in [-0.2, -0.15) is 8.78 Å². The second kappa shape index (κ2) is 6.47. The van der Waals surface area contributed by atoms with E-state index in [1.54, 1.807) is 0 Å². The second-order valence-electron chi connectivity index (χ2n) is 6.43. The third kappa shape index (κ3) is 2.48. The highest BCUT2D eigenvalue weighted by atomic mass is 31.2. The maximum absolute atomic E-state index is 14.0. The summed E-state index contributed by atoms with van der Waals surface area (Å²) in [4.78, 5) is 25.0. The fraction of sp³-hybridized carbons (Fsp3) is 0.0909. The Bertz CT molecular complexity index is 874. The lowest BCUT2D eigenvalue weighted by Crippen LogP contribution is -2.66. The molecule has 1 saturated carbocycles. The Morgan fingerprint density at radius 1 is 0.593 bits per heavy atom. The highest BCUT2D eigenvalue weighted by Crippen LogP contribution is 2.65. The van der Waals surface area contributed by atoms with E-state index in [2.05, 4.69) is 0 Å². The number of carbonyl (C=O) groups is 2. The van der Waals surface area contributed by atoms with Gasteiger partial charge in [0.15, 0.2) is 0 Å². The molecule has 0 radical (unpaired) electrons. The van der Waals surface area contributed by atoms with Gasteiger partial charge in [0.05, 0.1) is 0 Å². The van der Waals surface area contributed by atoms with Gasteiger partial charge in [0, 0.05) is 0 Å². The average molecular weight is 381 g/mol. The molecule has 0 atom stereocenters. The number of hydrogen-bond acceptors (Lipinski definition) is 2. The minimum atomic E-state index is -3.89. The molecule has 0 aliphatic heterocycles. The Kier molecular flexibility index (Phi) is 4.24. The van der Waals surface area contributed by atoms with Crippen LogP contribution in [0.5, 0.6) is 0 Å². The first kappa shape index (κ1) is 17.7. The number of ketones is 2. The van der Waals surface area contributed by atoms with Crippen LogP contribution in [0.15, 0.2) is 91.0 Å². The summed E-state index contributed by atoms with van der Waals surface area (Å²) >= 11 is 0. The van der Waals surface area contributed by atoms with Crippen LogP contribution in [0.1, 0.15) is 0 Å². The molecule has 2 nitrogen and oxygen atoms in total. The lowest BCUT2D eigenvalue weighted by molar-refractivity contribution is -0.169. The second-order valence-corrected chi connectivity index (χ2v) is 9.95. The van der Waals surface area contributed by atoms with Crippen molar-refractivity contribution < 1.29 is 18.4 Å². The zero-order valence-corrected chi connectivity index (χ0v) is 15.2. The Hall–Kier alpha value is -2.71. The topological polar surface area (TPSA) is 34.1 Å². The standard InChI is InChI=1S/C22H16F2O2P/c23-22(24)20(25)19(21(22)26)27(16-10-4-1-5-11-16,17-12-6-2-7-13-17)18-14-8-3-9-15-18/h1-15,19H/q+1. The fourth-order valence-corrected chi connectivity index (χ4v) is 8.49. The molecule has 3 aromatic rings. The van der Waals surface area contributed by atoms with Crippen molar-refractivity contribution in [2.75, 3.05) is 0 Å². The number of carbonyl (C=O) groups excluding carboxylic acids is 2. The van der Waals surface area contributed by atoms with Crippen LogP contribution in [0.25, 0.3) is 0 Å². The molecule has 0 heterocycles. The van der Waals surface area contributed by atoms with Crippen molar-refractivity contribution in [3.8, 4) is 0 Å². The summed E-state index contributed by atoms with van der Waals surface area (Å²) in [5.74, 6) is -6.45. The molecular weight excluding hydrogens is 365 g/mol. The van der Waals surface area contributed by atoms with Crippen molar-refractivity contribution >= 4 is 34.7 Å². The van der Waals surface area contributed by atoms with E-state index < -0.39 is 30.4 Å². The first-order valence-electron chi connectivity index (χ1n) is 8.52. The molecule has 0 bridgehead atoms. The van der Waals surface area contributed by atoms with Gasteiger partial charge < -0.3 is 0 Å². The number of Topliss-reactive ketones (excluding diaryl/α,β-unsaturated/α-hetero) is 2. The van der Waals surface area contributed by atoms with Crippen molar-refractivity contribution in [2.45, 2.75) is 11.6 Å². The summed E-state index contributed by atoms with van der Waals surface area (Å²) in [7, 11) is -2.93. The molecule has 4 rings (SSSR count). The van der Waals surface area contributed by atoms with Gasteiger partial charge in [0.25, 0.3) is 11.6 Å². The number of rotatable bonds is 4. The molecule has 0 aromatic heterocycles. The average Bonchev–Trinajstić information content (AvgIpc) is 2.73. The zero-order valence-electron chi connectivity index (χ0n) is 14.3. The van der Waals surface area contributed by atoms with Crippen LogP contribution in [0.3, 0.4) is 0 Å². The number of alkyl halides is 2. The minimum Gasteiger partial charge on any atom is -0.287 e. The Morgan fingerprint density at radius 2 is 0.889 bits per heavy atom. The highest BCUT2D eigenvalue weighted by molar-refractivity contribution is 7.97.